The van der Waals surface area contributed by atoms with E-state index in [9.17, 15) is 19.2 Å². The molecule has 0 saturated carbocycles. The Morgan fingerprint density at radius 2 is 1.52 bits per heavy atom. The molecule has 0 aliphatic carbocycles. The molecular formula is C22H25N3O5S. The molecule has 0 aliphatic rings. The van der Waals surface area contributed by atoms with E-state index >= 15 is 0 Å². The number of thioether (sulfide) groups is 1. The summed E-state index contributed by atoms with van der Waals surface area (Å²) in [5.74, 6) is -1.10. The smallest absolute Gasteiger partial charge is 0.325 e. The molecule has 9 heteroatoms. The van der Waals surface area contributed by atoms with Gasteiger partial charge in [0, 0.05) is 23.2 Å². The monoisotopic (exact) mass is 443 g/mol. The van der Waals surface area contributed by atoms with E-state index in [1.807, 2.05) is 19.1 Å². The van der Waals surface area contributed by atoms with Crippen molar-refractivity contribution < 1.29 is 23.9 Å². The Labute approximate surface area is 185 Å². The molecule has 2 aromatic carbocycles. The number of hydrogen-bond donors (Lipinski definition) is 3. The summed E-state index contributed by atoms with van der Waals surface area (Å²) in [6.45, 7) is 3.08. The van der Waals surface area contributed by atoms with Gasteiger partial charge in [-0.05, 0) is 48.9 Å². The zero-order valence-corrected chi connectivity index (χ0v) is 18.4. The van der Waals surface area contributed by atoms with Crippen LogP contribution in [0.15, 0.2) is 53.4 Å². The number of ether oxygens (including phenoxy) is 1. The molecule has 0 fully saturated rings. The van der Waals surface area contributed by atoms with E-state index < -0.39 is 5.97 Å². The highest BCUT2D eigenvalue weighted by atomic mass is 32.2. The van der Waals surface area contributed by atoms with Gasteiger partial charge in [0.2, 0.25) is 17.7 Å². The van der Waals surface area contributed by atoms with Gasteiger partial charge in [0.1, 0.15) is 6.54 Å². The van der Waals surface area contributed by atoms with Crippen LogP contribution < -0.4 is 16.0 Å². The number of anilines is 2. The fourth-order valence-electron chi connectivity index (χ4n) is 2.52. The van der Waals surface area contributed by atoms with Gasteiger partial charge < -0.3 is 20.7 Å². The highest BCUT2D eigenvalue weighted by Gasteiger charge is 2.15. The largest absolute Gasteiger partial charge is 0.468 e. The Morgan fingerprint density at radius 1 is 0.935 bits per heavy atom. The number of methoxy groups -OCH3 is 1. The highest BCUT2D eigenvalue weighted by Crippen LogP contribution is 2.25. The third-order valence-electron chi connectivity index (χ3n) is 4.10. The number of carbonyl (C=O) groups excluding carboxylic acids is 4. The topological polar surface area (TPSA) is 114 Å². The van der Waals surface area contributed by atoms with Crippen LogP contribution in [0, 0.1) is 0 Å². The fourth-order valence-corrected chi connectivity index (χ4v) is 3.39. The van der Waals surface area contributed by atoms with E-state index in [0.29, 0.717) is 11.4 Å². The van der Waals surface area contributed by atoms with E-state index in [4.69, 9.17) is 0 Å². The Balaban J connectivity index is 1.83. The number of benzene rings is 2. The molecule has 31 heavy (non-hydrogen) atoms. The first-order valence-corrected chi connectivity index (χ1v) is 10.4. The molecule has 2 rings (SSSR count). The molecule has 3 N–H and O–H groups in total. The number of nitrogens with one attached hydrogen (secondary N) is 3. The normalized spacial score (nSPS) is 11.2. The van der Waals surface area contributed by atoms with Gasteiger partial charge in [0.15, 0.2) is 0 Å². The van der Waals surface area contributed by atoms with Crippen LogP contribution in [-0.4, -0.2) is 42.6 Å². The number of esters is 1. The summed E-state index contributed by atoms with van der Waals surface area (Å²) in [6, 6.07) is 14.2. The summed E-state index contributed by atoms with van der Waals surface area (Å²) in [7, 11) is 1.25. The van der Waals surface area contributed by atoms with Crippen LogP contribution in [0.25, 0.3) is 0 Å². The molecule has 1 atom stereocenters. The van der Waals surface area contributed by atoms with Crippen LogP contribution in [0.2, 0.25) is 0 Å². The highest BCUT2D eigenvalue weighted by molar-refractivity contribution is 8.00. The number of amides is 3. The van der Waals surface area contributed by atoms with Gasteiger partial charge >= 0.3 is 5.97 Å². The Bertz CT molecular complexity index is 929. The van der Waals surface area contributed by atoms with Crippen molar-refractivity contribution >= 4 is 46.8 Å². The Hall–Kier alpha value is -3.33. The van der Waals surface area contributed by atoms with Crippen LogP contribution >= 0.6 is 11.8 Å². The SMILES string of the molecule is COC(=O)CNC(=O)Cc1ccc(NC(=O)C(C)Sc2ccc(NC(C)=O)cc2)cc1. The first kappa shape index (κ1) is 23.9. The number of hydrogen-bond acceptors (Lipinski definition) is 6. The zero-order chi connectivity index (χ0) is 22.8. The third kappa shape index (κ3) is 8.51. The van der Waals surface area contributed by atoms with Gasteiger partial charge in [-0.3, -0.25) is 19.2 Å². The summed E-state index contributed by atoms with van der Waals surface area (Å²) in [5, 5.41) is 7.68. The molecule has 2 aromatic rings. The van der Waals surface area contributed by atoms with Gasteiger partial charge in [-0.15, -0.1) is 11.8 Å². The second-order valence-corrected chi connectivity index (χ2v) is 8.10. The van der Waals surface area contributed by atoms with Gasteiger partial charge in [-0.2, -0.15) is 0 Å². The predicted octanol–water partition coefficient (Wildman–Crippen LogP) is 2.60. The average molecular weight is 444 g/mol. The molecule has 3 amide bonds. The minimum absolute atomic E-state index is 0.117. The first-order valence-electron chi connectivity index (χ1n) is 9.54. The molecule has 0 spiro atoms. The van der Waals surface area contributed by atoms with Crippen molar-refractivity contribution in [1.29, 1.82) is 0 Å². The van der Waals surface area contributed by atoms with Crippen LogP contribution in [-0.2, 0) is 30.3 Å². The standard InChI is InChI=1S/C22H25N3O5S/c1-14(31-19-10-8-17(9-11-19)24-15(2)26)22(29)25-18-6-4-16(5-7-18)12-20(27)23-13-21(28)30-3/h4-11,14H,12-13H2,1-3H3,(H,23,27)(H,24,26)(H,25,29). The maximum absolute atomic E-state index is 12.5. The molecule has 0 aliphatic heterocycles. The van der Waals surface area contributed by atoms with E-state index in [0.717, 1.165) is 10.5 Å². The first-order chi connectivity index (χ1) is 14.8. The van der Waals surface area contributed by atoms with Crippen LogP contribution in [0.1, 0.15) is 19.4 Å². The fraction of sp³-hybridized carbons (Fsp3) is 0.273. The van der Waals surface area contributed by atoms with Crippen molar-refractivity contribution in [2.45, 2.75) is 30.4 Å². The van der Waals surface area contributed by atoms with Crippen LogP contribution in [0.5, 0.6) is 0 Å². The molecule has 0 heterocycles. The molecule has 0 bridgehead atoms. The summed E-state index contributed by atoms with van der Waals surface area (Å²) in [5.41, 5.74) is 2.08. The molecule has 1 unspecified atom stereocenters. The lowest BCUT2D eigenvalue weighted by atomic mass is 10.1. The lowest BCUT2D eigenvalue weighted by Gasteiger charge is -2.13. The minimum Gasteiger partial charge on any atom is -0.468 e. The summed E-state index contributed by atoms with van der Waals surface area (Å²) in [4.78, 5) is 47.3. The minimum atomic E-state index is -0.512. The molecular weight excluding hydrogens is 418 g/mol. The number of rotatable bonds is 9. The summed E-state index contributed by atoms with van der Waals surface area (Å²) >= 11 is 1.40. The van der Waals surface area contributed by atoms with Gasteiger partial charge in [0.05, 0.1) is 18.8 Å². The summed E-state index contributed by atoms with van der Waals surface area (Å²) < 4.78 is 4.47. The third-order valence-corrected chi connectivity index (χ3v) is 5.21. The molecule has 0 aromatic heterocycles. The van der Waals surface area contributed by atoms with Gasteiger partial charge in [-0.1, -0.05) is 12.1 Å². The summed E-state index contributed by atoms with van der Waals surface area (Å²) in [6.07, 6.45) is 0.117. The van der Waals surface area contributed by atoms with E-state index in [-0.39, 0.29) is 35.9 Å². The second-order valence-electron chi connectivity index (χ2n) is 6.68. The lowest BCUT2D eigenvalue weighted by Crippen LogP contribution is -2.31. The maximum Gasteiger partial charge on any atom is 0.325 e. The van der Waals surface area contributed by atoms with Crippen molar-refractivity contribution in [2.24, 2.45) is 0 Å². The van der Waals surface area contributed by atoms with E-state index in [1.165, 1.54) is 25.8 Å². The Morgan fingerprint density at radius 3 is 2.10 bits per heavy atom. The molecule has 0 saturated heterocycles. The van der Waals surface area contributed by atoms with Gasteiger partial charge in [-0.25, -0.2) is 0 Å². The van der Waals surface area contributed by atoms with E-state index in [2.05, 4.69) is 20.7 Å². The molecule has 0 radical (unpaired) electrons. The van der Waals surface area contributed by atoms with Crippen molar-refractivity contribution in [3.8, 4) is 0 Å². The zero-order valence-electron chi connectivity index (χ0n) is 17.6. The average Bonchev–Trinajstić information content (AvgIpc) is 2.74. The van der Waals surface area contributed by atoms with Crippen molar-refractivity contribution in [3.63, 3.8) is 0 Å². The van der Waals surface area contributed by atoms with Crippen molar-refractivity contribution in [1.82, 2.24) is 5.32 Å². The van der Waals surface area contributed by atoms with Crippen LogP contribution in [0.3, 0.4) is 0 Å². The van der Waals surface area contributed by atoms with E-state index in [1.54, 1.807) is 36.4 Å². The maximum atomic E-state index is 12.5. The quantitative estimate of drug-likeness (QED) is 0.406. The Kier molecular flexibility index (Phi) is 9.08. The van der Waals surface area contributed by atoms with Crippen molar-refractivity contribution in [2.75, 3.05) is 24.3 Å². The molecule has 8 nitrogen and oxygen atoms in total. The second kappa shape index (κ2) is 11.8. The van der Waals surface area contributed by atoms with Crippen LogP contribution in [0.4, 0.5) is 11.4 Å². The van der Waals surface area contributed by atoms with Gasteiger partial charge in [0.25, 0.3) is 0 Å². The predicted molar refractivity (Wildman–Crippen MR) is 120 cm³/mol. The van der Waals surface area contributed by atoms with Crippen molar-refractivity contribution in [3.05, 3.63) is 54.1 Å². The number of carbonyl (C=O) groups is 4. The lowest BCUT2D eigenvalue weighted by molar-refractivity contribution is -0.141. The molecule has 164 valence electrons.